The Morgan fingerprint density at radius 2 is 2.07 bits per heavy atom. The van der Waals surface area contributed by atoms with E-state index in [1.807, 2.05) is 12.1 Å². The van der Waals surface area contributed by atoms with Crippen LogP contribution in [0.2, 0.25) is 0 Å². The van der Waals surface area contributed by atoms with Gasteiger partial charge in [-0.2, -0.15) is 5.26 Å². The summed E-state index contributed by atoms with van der Waals surface area (Å²) in [5, 5.41) is 8.46. The van der Waals surface area contributed by atoms with Gasteiger partial charge in [0.1, 0.15) is 0 Å². The third-order valence-electron chi connectivity index (χ3n) is 1.73. The molecule has 0 saturated carbocycles. The summed E-state index contributed by atoms with van der Waals surface area (Å²) >= 11 is 0. The molecule has 15 heavy (non-hydrogen) atoms. The van der Waals surface area contributed by atoms with Crippen LogP contribution in [0.1, 0.15) is 11.1 Å². The van der Waals surface area contributed by atoms with E-state index in [0.29, 0.717) is 6.42 Å². The van der Waals surface area contributed by atoms with Gasteiger partial charge in [-0.1, -0.05) is 18.1 Å². The molecule has 0 spiro atoms. The average molecular weight is 199 g/mol. The van der Waals surface area contributed by atoms with Gasteiger partial charge in [-0.05, 0) is 17.7 Å². The Kier molecular flexibility index (Phi) is 3.94. The van der Waals surface area contributed by atoms with Crippen LogP contribution in [0.5, 0.6) is 0 Å². The highest BCUT2D eigenvalue weighted by Gasteiger charge is 1.92. The summed E-state index contributed by atoms with van der Waals surface area (Å²) in [6.45, 7) is 0. The van der Waals surface area contributed by atoms with Crippen LogP contribution < -0.4 is 0 Å². The molecule has 74 valence electrons. The molecule has 0 bridgehead atoms. The molecule has 0 aromatic heterocycles. The van der Waals surface area contributed by atoms with Gasteiger partial charge in [-0.3, -0.25) is 0 Å². The Balaban J connectivity index is 2.76. The van der Waals surface area contributed by atoms with Crippen molar-refractivity contribution in [2.75, 3.05) is 7.11 Å². The molecule has 1 rings (SSSR count). The molecule has 3 heteroatoms. The summed E-state index contributed by atoms with van der Waals surface area (Å²) in [6, 6.07) is 9.21. The van der Waals surface area contributed by atoms with E-state index in [1.54, 1.807) is 12.1 Å². The number of nitrogens with zero attached hydrogens (tertiary/aromatic N) is 1. The number of hydrogen-bond acceptors (Lipinski definition) is 3. The molecular weight excluding hydrogens is 190 g/mol. The summed E-state index contributed by atoms with van der Waals surface area (Å²) in [4.78, 5) is 10.7. The number of carbonyl (C=O) groups is 1. The maximum Gasteiger partial charge on any atom is 0.384 e. The van der Waals surface area contributed by atoms with Crippen molar-refractivity contribution in [3.05, 3.63) is 35.4 Å². The molecule has 0 heterocycles. The van der Waals surface area contributed by atoms with Gasteiger partial charge in [0.25, 0.3) is 0 Å². The van der Waals surface area contributed by atoms with Crippen LogP contribution in [0.3, 0.4) is 0 Å². The minimum atomic E-state index is -0.559. The fourth-order valence-corrected chi connectivity index (χ4v) is 0.971. The Morgan fingerprint density at radius 3 is 2.60 bits per heavy atom. The summed E-state index contributed by atoms with van der Waals surface area (Å²) in [5.74, 6) is 4.42. The first kappa shape index (κ1) is 10.8. The smallest absolute Gasteiger partial charge is 0.384 e. The topological polar surface area (TPSA) is 50.1 Å². The van der Waals surface area contributed by atoms with E-state index < -0.39 is 5.97 Å². The van der Waals surface area contributed by atoms with Crippen LogP contribution in [0.4, 0.5) is 0 Å². The van der Waals surface area contributed by atoms with E-state index in [-0.39, 0.29) is 0 Å². The lowest BCUT2D eigenvalue weighted by Crippen LogP contribution is -1.94. The lowest BCUT2D eigenvalue weighted by Gasteiger charge is -1.93. The number of methoxy groups -OCH3 is 1. The van der Waals surface area contributed by atoms with Gasteiger partial charge >= 0.3 is 5.97 Å². The highest BCUT2D eigenvalue weighted by atomic mass is 16.5. The number of esters is 1. The molecule has 0 aliphatic carbocycles. The van der Waals surface area contributed by atoms with Gasteiger partial charge in [0.2, 0.25) is 0 Å². The molecule has 0 N–H and O–H groups in total. The largest absolute Gasteiger partial charge is 0.459 e. The van der Waals surface area contributed by atoms with Crippen molar-refractivity contribution < 1.29 is 9.53 Å². The minimum Gasteiger partial charge on any atom is -0.459 e. The first-order valence-corrected chi connectivity index (χ1v) is 4.32. The molecule has 0 radical (unpaired) electrons. The quantitative estimate of drug-likeness (QED) is 0.505. The fraction of sp³-hybridized carbons (Fsp3) is 0.167. The predicted molar refractivity (Wildman–Crippen MR) is 54.7 cm³/mol. The predicted octanol–water partition coefficient (Wildman–Crippen LogP) is 1.28. The molecule has 0 aliphatic rings. The van der Waals surface area contributed by atoms with Crippen LogP contribution in [0.15, 0.2) is 24.3 Å². The second kappa shape index (κ2) is 5.47. The van der Waals surface area contributed by atoms with E-state index >= 15 is 0 Å². The molecule has 0 amide bonds. The van der Waals surface area contributed by atoms with E-state index in [0.717, 1.165) is 11.1 Å². The molecule has 1 aromatic rings. The van der Waals surface area contributed by atoms with E-state index in [4.69, 9.17) is 5.26 Å². The minimum absolute atomic E-state index is 0.380. The Bertz CT molecular complexity index is 443. The van der Waals surface area contributed by atoms with Gasteiger partial charge in [-0.25, -0.2) is 4.79 Å². The molecule has 0 unspecified atom stereocenters. The van der Waals surface area contributed by atoms with Gasteiger partial charge in [0.05, 0.1) is 19.6 Å². The van der Waals surface area contributed by atoms with Crippen LogP contribution in [-0.4, -0.2) is 13.1 Å². The molecule has 0 saturated heterocycles. The third-order valence-corrected chi connectivity index (χ3v) is 1.73. The van der Waals surface area contributed by atoms with Crippen LogP contribution >= 0.6 is 0 Å². The van der Waals surface area contributed by atoms with Gasteiger partial charge < -0.3 is 4.74 Å². The normalized spacial score (nSPS) is 8.27. The lowest BCUT2D eigenvalue weighted by atomic mass is 10.1. The molecular formula is C12H9NO2. The molecule has 3 nitrogen and oxygen atoms in total. The molecule has 1 aromatic carbocycles. The Hall–Kier alpha value is -2.26. The lowest BCUT2D eigenvalue weighted by molar-refractivity contribution is -0.133. The van der Waals surface area contributed by atoms with Gasteiger partial charge in [0, 0.05) is 11.5 Å². The molecule has 0 aliphatic heterocycles. The first-order chi connectivity index (χ1) is 7.26. The van der Waals surface area contributed by atoms with E-state index in [9.17, 15) is 4.79 Å². The van der Waals surface area contributed by atoms with Crippen molar-refractivity contribution in [1.82, 2.24) is 0 Å². The zero-order valence-electron chi connectivity index (χ0n) is 8.28. The van der Waals surface area contributed by atoms with Crippen molar-refractivity contribution in [3.8, 4) is 17.9 Å². The van der Waals surface area contributed by atoms with Gasteiger partial charge in [-0.15, -0.1) is 0 Å². The van der Waals surface area contributed by atoms with E-state index in [2.05, 4.69) is 22.6 Å². The number of hydrogen-bond donors (Lipinski definition) is 0. The highest BCUT2D eigenvalue weighted by molar-refractivity contribution is 5.88. The fourth-order valence-electron chi connectivity index (χ4n) is 0.971. The summed E-state index contributed by atoms with van der Waals surface area (Å²) in [6.07, 6.45) is 0.380. The van der Waals surface area contributed by atoms with Crippen molar-refractivity contribution in [1.29, 1.82) is 5.26 Å². The number of rotatable bonds is 1. The standard InChI is InChI=1S/C12H9NO2/c1-15-12(14)7-6-10-2-4-11(5-3-10)8-9-13/h2-5H,8H2,1H3. The number of benzene rings is 1. The number of ether oxygens (including phenoxy) is 1. The summed E-state index contributed by atoms with van der Waals surface area (Å²) in [5.41, 5.74) is 1.66. The van der Waals surface area contributed by atoms with Crippen molar-refractivity contribution >= 4 is 5.97 Å². The Morgan fingerprint density at radius 1 is 1.40 bits per heavy atom. The monoisotopic (exact) mass is 199 g/mol. The van der Waals surface area contributed by atoms with Crippen LogP contribution in [0, 0.1) is 23.2 Å². The zero-order valence-corrected chi connectivity index (χ0v) is 8.28. The highest BCUT2D eigenvalue weighted by Crippen LogP contribution is 2.03. The van der Waals surface area contributed by atoms with Gasteiger partial charge in [0.15, 0.2) is 0 Å². The second-order valence-electron chi connectivity index (χ2n) is 2.77. The van der Waals surface area contributed by atoms with Crippen molar-refractivity contribution in [3.63, 3.8) is 0 Å². The molecule has 0 fully saturated rings. The number of carbonyl (C=O) groups excluding carboxylic acids is 1. The average Bonchev–Trinajstić information content (AvgIpc) is 2.28. The molecule has 0 atom stereocenters. The maximum atomic E-state index is 10.7. The summed E-state index contributed by atoms with van der Waals surface area (Å²) in [7, 11) is 1.28. The first-order valence-electron chi connectivity index (χ1n) is 4.32. The second-order valence-corrected chi connectivity index (χ2v) is 2.77. The third kappa shape index (κ3) is 3.54. The number of nitriles is 1. The van der Waals surface area contributed by atoms with Crippen LogP contribution in [0.25, 0.3) is 0 Å². The zero-order chi connectivity index (χ0) is 11.1. The van der Waals surface area contributed by atoms with Crippen LogP contribution in [-0.2, 0) is 16.0 Å². The van der Waals surface area contributed by atoms with Crippen molar-refractivity contribution in [2.24, 2.45) is 0 Å². The maximum absolute atomic E-state index is 10.7. The summed E-state index contributed by atoms with van der Waals surface area (Å²) < 4.78 is 4.38. The van der Waals surface area contributed by atoms with E-state index in [1.165, 1.54) is 7.11 Å². The SMILES string of the molecule is COC(=O)C#Cc1ccc(CC#N)cc1. The van der Waals surface area contributed by atoms with Crippen molar-refractivity contribution in [2.45, 2.75) is 6.42 Å². The Labute approximate surface area is 88.3 Å².